The van der Waals surface area contributed by atoms with Gasteiger partial charge in [-0.1, -0.05) is 6.07 Å². The van der Waals surface area contributed by atoms with Gasteiger partial charge in [0.05, 0.1) is 24.7 Å². The molecule has 11 heteroatoms. The summed E-state index contributed by atoms with van der Waals surface area (Å²) in [5.74, 6) is -0.671. The zero-order chi connectivity index (χ0) is 24.0. The van der Waals surface area contributed by atoms with Gasteiger partial charge in [-0.05, 0) is 36.8 Å². The summed E-state index contributed by atoms with van der Waals surface area (Å²) in [6.45, 7) is 2.27. The maximum Gasteiger partial charge on any atom is 0.251 e. The zero-order valence-electron chi connectivity index (χ0n) is 18.4. The molecule has 0 bridgehead atoms. The van der Waals surface area contributed by atoms with E-state index in [0.717, 1.165) is 10.4 Å². The van der Waals surface area contributed by atoms with Crippen LogP contribution in [0.2, 0.25) is 0 Å². The Morgan fingerprint density at radius 1 is 1.03 bits per heavy atom. The molecule has 0 aliphatic carbocycles. The number of fused-ring (bicyclic) bond motifs is 1. The number of aryl methyl sites for hydroxylation is 1. The molecule has 178 valence electrons. The number of ether oxygens (including phenoxy) is 2. The Bertz CT molecular complexity index is 1140. The third-order valence-corrected chi connectivity index (χ3v) is 6.76. The van der Waals surface area contributed by atoms with Crippen molar-refractivity contribution < 1.29 is 31.9 Å². The highest BCUT2D eigenvalue weighted by atomic mass is 32.2. The normalized spacial score (nSPS) is 13.3. The molecule has 0 saturated carbocycles. The van der Waals surface area contributed by atoms with Crippen LogP contribution in [0.1, 0.15) is 22.3 Å². The van der Waals surface area contributed by atoms with Crippen LogP contribution < -0.4 is 20.1 Å². The zero-order valence-corrected chi connectivity index (χ0v) is 19.2. The lowest BCUT2D eigenvalue weighted by Gasteiger charge is -2.18. The van der Waals surface area contributed by atoms with Crippen molar-refractivity contribution in [2.45, 2.75) is 18.2 Å². The summed E-state index contributed by atoms with van der Waals surface area (Å²) in [5, 5.41) is 5.11. The van der Waals surface area contributed by atoms with Gasteiger partial charge < -0.3 is 20.1 Å². The fourth-order valence-corrected chi connectivity index (χ4v) is 4.18. The van der Waals surface area contributed by atoms with Gasteiger partial charge in [-0.3, -0.25) is 9.59 Å². The number of hydrogen-bond donors (Lipinski definition) is 2. The quantitative estimate of drug-likeness (QED) is 0.554. The molecule has 2 aromatic rings. The molecule has 0 atom stereocenters. The van der Waals surface area contributed by atoms with Crippen LogP contribution in [0.4, 0.5) is 4.39 Å². The SMILES string of the molecule is Cc1ccc(C(=O)NCCNC(=O)CN(C)S(=O)(=O)c2ccc3c(c2)OCCCO3)cc1F. The van der Waals surface area contributed by atoms with E-state index in [-0.39, 0.29) is 23.5 Å². The Morgan fingerprint density at radius 2 is 1.73 bits per heavy atom. The van der Waals surface area contributed by atoms with Gasteiger partial charge in [-0.15, -0.1) is 0 Å². The average molecular weight is 480 g/mol. The van der Waals surface area contributed by atoms with Crippen LogP contribution >= 0.6 is 0 Å². The third kappa shape index (κ3) is 6.20. The van der Waals surface area contributed by atoms with Crippen molar-refractivity contribution in [3.05, 3.63) is 53.3 Å². The van der Waals surface area contributed by atoms with E-state index in [1.165, 1.54) is 37.4 Å². The van der Waals surface area contributed by atoms with E-state index < -0.39 is 34.2 Å². The van der Waals surface area contributed by atoms with Crippen molar-refractivity contribution in [1.29, 1.82) is 0 Å². The molecule has 9 nitrogen and oxygen atoms in total. The van der Waals surface area contributed by atoms with Gasteiger partial charge in [-0.25, -0.2) is 12.8 Å². The summed E-state index contributed by atoms with van der Waals surface area (Å²) in [6, 6.07) is 8.47. The van der Waals surface area contributed by atoms with Crippen molar-refractivity contribution in [3.8, 4) is 11.5 Å². The fourth-order valence-electron chi connectivity index (χ4n) is 3.04. The summed E-state index contributed by atoms with van der Waals surface area (Å²) in [6.07, 6.45) is 0.694. The predicted octanol–water partition coefficient (Wildman–Crippen LogP) is 1.46. The Labute approximate surface area is 191 Å². The molecule has 1 aliphatic rings. The molecule has 0 aromatic heterocycles. The van der Waals surface area contributed by atoms with Gasteiger partial charge in [0.25, 0.3) is 5.91 Å². The van der Waals surface area contributed by atoms with Gasteiger partial charge in [0.2, 0.25) is 15.9 Å². The second kappa shape index (κ2) is 10.6. The molecule has 0 spiro atoms. The van der Waals surface area contributed by atoms with Crippen LogP contribution in [0.25, 0.3) is 0 Å². The summed E-state index contributed by atoms with van der Waals surface area (Å²) >= 11 is 0. The Hall–Kier alpha value is -3.18. The third-order valence-electron chi connectivity index (χ3n) is 4.96. The Morgan fingerprint density at radius 3 is 2.45 bits per heavy atom. The number of hydrogen-bond acceptors (Lipinski definition) is 6. The van der Waals surface area contributed by atoms with Crippen LogP contribution in [0, 0.1) is 12.7 Å². The summed E-state index contributed by atoms with van der Waals surface area (Å²) in [7, 11) is -2.64. The van der Waals surface area contributed by atoms with E-state index in [4.69, 9.17) is 9.47 Å². The maximum atomic E-state index is 13.6. The standard InChI is InChI=1S/C22H26FN3O6S/c1-15-4-5-16(12-18(15)23)22(28)25-9-8-24-21(27)14-26(2)33(29,30)17-6-7-19-20(13-17)32-11-3-10-31-19/h4-7,12-13H,3,8-11,14H2,1-2H3,(H,24,27)(H,25,28). The number of amides is 2. The minimum Gasteiger partial charge on any atom is -0.490 e. The maximum absolute atomic E-state index is 13.6. The highest BCUT2D eigenvalue weighted by Gasteiger charge is 2.25. The number of carbonyl (C=O) groups is 2. The molecule has 2 amide bonds. The van der Waals surface area contributed by atoms with E-state index in [0.29, 0.717) is 36.7 Å². The first kappa shape index (κ1) is 24.5. The number of sulfonamides is 1. The van der Waals surface area contributed by atoms with Crippen LogP contribution in [-0.4, -0.2) is 64.4 Å². The molecular formula is C22H26FN3O6S. The minimum atomic E-state index is -3.94. The first-order valence-corrected chi connectivity index (χ1v) is 11.8. The number of rotatable bonds is 8. The van der Waals surface area contributed by atoms with Gasteiger partial charge in [0.15, 0.2) is 11.5 Å². The highest BCUT2D eigenvalue weighted by Crippen LogP contribution is 2.32. The molecule has 0 fully saturated rings. The Balaban J connectivity index is 1.49. The van der Waals surface area contributed by atoms with Gasteiger partial charge in [0.1, 0.15) is 5.82 Å². The monoisotopic (exact) mass is 479 g/mol. The van der Waals surface area contributed by atoms with Gasteiger partial charge in [0, 0.05) is 38.2 Å². The minimum absolute atomic E-state index is 0.0142. The summed E-state index contributed by atoms with van der Waals surface area (Å²) < 4.78 is 51.2. The molecule has 3 rings (SSSR count). The van der Waals surface area contributed by atoms with E-state index in [1.54, 1.807) is 6.92 Å². The topological polar surface area (TPSA) is 114 Å². The fraction of sp³-hybridized carbons (Fsp3) is 0.364. The number of carbonyl (C=O) groups excluding carboxylic acids is 2. The molecule has 2 aromatic carbocycles. The highest BCUT2D eigenvalue weighted by molar-refractivity contribution is 7.89. The lowest BCUT2D eigenvalue weighted by atomic mass is 10.1. The average Bonchev–Trinajstić information content (AvgIpc) is 3.03. The Kier molecular flexibility index (Phi) is 7.88. The van der Waals surface area contributed by atoms with Crippen molar-refractivity contribution in [2.75, 3.05) is 39.9 Å². The van der Waals surface area contributed by atoms with Crippen molar-refractivity contribution >= 4 is 21.8 Å². The number of benzene rings is 2. The number of likely N-dealkylation sites (N-methyl/N-ethyl adjacent to an activating group) is 1. The van der Waals surface area contributed by atoms with E-state index in [2.05, 4.69) is 10.6 Å². The van der Waals surface area contributed by atoms with Crippen LogP contribution in [0.3, 0.4) is 0 Å². The second-order valence-electron chi connectivity index (χ2n) is 7.49. The molecule has 0 saturated heterocycles. The van der Waals surface area contributed by atoms with E-state index in [1.807, 2.05) is 0 Å². The molecule has 2 N–H and O–H groups in total. The van der Waals surface area contributed by atoms with Crippen LogP contribution in [0.5, 0.6) is 11.5 Å². The van der Waals surface area contributed by atoms with Crippen LogP contribution in [0.15, 0.2) is 41.3 Å². The van der Waals surface area contributed by atoms with Crippen molar-refractivity contribution in [2.24, 2.45) is 0 Å². The largest absolute Gasteiger partial charge is 0.490 e. The molecule has 1 aliphatic heterocycles. The van der Waals surface area contributed by atoms with Crippen molar-refractivity contribution in [3.63, 3.8) is 0 Å². The molecule has 0 radical (unpaired) electrons. The van der Waals surface area contributed by atoms with E-state index in [9.17, 15) is 22.4 Å². The van der Waals surface area contributed by atoms with E-state index >= 15 is 0 Å². The summed E-state index contributed by atoms with van der Waals surface area (Å²) in [4.78, 5) is 24.2. The van der Waals surface area contributed by atoms with Gasteiger partial charge in [-0.2, -0.15) is 4.31 Å². The lowest BCUT2D eigenvalue weighted by Crippen LogP contribution is -2.41. The molecule has 1 heterocycles. The predicted molar refractivity (Wildman–Crippen MR) is 118 cm³/mol. The van der Waals surface area contributed by atoms with Gasteiger partial charge >= 0.3 is 0 Å². The number of nitrogens with one attached hydrogen (secondary N) is 2. The smallest absolute Gasteiger partial charge is 0.251 e. The number of nitrogens with zero attached hydrogens (tertiary/aromatic N) is 1. The molecule has 0 unspecified atom stereocenters. The molecule has 33 heavy (non-hydrogen) atoms. The van der Waals surface area contributed by atoms with Crippen molar-refractivity contribution in [1.82, 2.24) is 14.9 Å². The van der Waals surface area contributed by atoms with Crippen LogP contribution in [-0.2, 0) is 14.8 Å². The lowest BCUT2D eigenvalue weighted by molar-refractivity contribution is -0.121. The molecular weight excluding hydrogens is 453 g/mol. The number of halogens is 1. The first-order chi connectivity index (χ1) is 15.7. The summed E-state index contributed by atoms with van der Waals surface area (Å²) in [5.41, 5.74) is 0.606. The second-order valence-corrected chi connectivity index (χ2v) is 9.53. The first-order valence-electron chi connectivity index (χ1n) is 10.4.